The number of benzene rings is 2. The fourth-order valence-corrected chi connectivity index (χ4v) is 4.14. The number of hydrogen-bond donors (Lipinski definition) is 0. The molecule has 2 aromatic rings. The third kappa shape index (κ3) is 4.97. The summed E-state index contributed by atoms with van der Waals surface area (Å²) < 4.78 is 0. The minimum atomic E-state index is 0.814. The van der Waals surface area contributed by atoms with Gasteiger partial charge in [0, 0.05) is 0 Å². The molecule has 0 radical (unpaired) electrons. The molecule has 0 unspecified atom stereocenters. The zero-order valence-electron chi connectivity index (χ0n) is 15.4. The van der Waals surface area contributed by atoms with Crippen molar-refractivity contribution in [2.75, 3.05) is 0 Å². The first-order chi connectivity index (χ1) is 11.7. The molecule has 2 aromatic carbocycles. The highest BCUT2D eigenvalue weighted by atomic mass is 14.3. The summed E-state index contributed by atoms with van der Waals surface area (Å²) in [6.45, 7) is 4.34. The molecule has 3 rings (SSSR count). The van der Waals surface area contributed by atoms with Gasteiger partial charge in [-0.2, -0.15) is 0 Å². The Kier molecular flexibility index (Phi) is 6.12. The van der Waals surface area contributed by atoms with Crippen molar-refractivity contribution in [2.24, 2.45) is 5.92 Å². The van der Waals surface area contributed by atoms with Gasteiger partial charge >= 0.3 is 0 Å². The minimum absolute atomic E-state index is 0.814. The number of rotatable bonds is 6. The Morgan fingerprint density at radius 1 is 0.708 bits per heavy atom. The quantitative estimate of drug-likeness (QED) is 0.503. The average Bonchev–Trinajstić information content (AvgIpc) is 2.62. The lowest BCUT2D eigenvalue weighted by Gasteiger charge is -2.29. The maximum Gasteiger partial charge on any atom is -0.0162 e. The summed E-state index contributed by atoms with van der Waals surface area (Å²) in [6.07, 6.45) is 11.1. The molecule has 0 heteroatoms. The van der Waals surface area contributed by atoms with E-state index in [9.17, 15) is 0 Å². The summed E-state index contributed by atoms with van der Waals surface area (Å²) in [4.78, 5) is 0. The highest BCUT2D eigenvalue weighted by Crippen LogP contribution is 2.37. The fraction of sp³-hybridized carbons (Fsp3) is 0.500. The van der Waals surface area contributed by atoms with Gasteiger partial charge in [-0.05, 0) is 75.3 Å². The summed E-state index contributed by atoms with van der Waals surface area (Å²) in [5.41, 5.74) is 5.81. The van der Waals surface area contributed by atoms with Crippen molar-refractivity contribution in [2.45, 2.75) is 71.1 Å². The van der Waals surface area contributed by atoms with E-state index < -0.39 is 0 Å². The van der Waals surface area contributed by atoms with E-state index in [0.717, 1.165) is 11.8 Å². The van der Waals surface area contributed by atoms with E-state index in [1.165, 1.54) is 68.1 Å². The predicted molar refractivity (Wildman–Crippen MR) is 105 cm³/mol. The Morgan fingerprint density at radius 3 is 1.92 bits per heavy atom. The van der Waals surface area contributed by atoms with Crippen LogP contribution in [0, 0.1) is 19.8 Å². The van der Waals surface area contributed by atoms with Crippen LogP contribution in [-0.2, 0) is 6.42 Å². The molecule has 0 saturated heterocycles. The molecule has 1 saturated carbocycles. The summed E-state index contributed by atoms with van der Waals surface area (Å²) in [6, 6.07) is 18.3. The monoisotopic (exact) mass is 320 g/mol. The Hall–Kier alpha value is -1.56. The van der Waals surface area contributed by atoms with Gasteiger partial charge in [0.1, 0.15) is 0 Å². The molecule has 1 aliphatic carbocycles. The molecule has 0 aromatic heterocycles. The standard InChI is InChI=1S/C24H32/c1-19-7-11-21(12-8-19)5-3-4-6-22-13-17-24(18-14-22)23-15-9-20(2)10-16-23/h7-12,15-16,22,24H,3-6,13-14,17-18H2,1-2H3. The van der Waals surface area contributed by atoms with E-state index in [4.69, 9.17) is 0 Å². The molecule has 0 atom stereocenters. The second-order valence-electron chi connectivity index (χ2n) is 7.86. The predicted octanol–water partition coefficient (Wildman–Crippen LogP) is 6.99. The molecule has 0 aliphatic heterocycles. The van der Waals surface area contributed by atoms with E-state index in [0.29, 0.717) is 0 Å². The van der Waals surface area contributed by atoms with Crippen molar-refractivity contribution in [3.8, 4) is 0 Å². The van der Waals surface area contributed by atoms with Crippen LogP contribution in [0.4, 0.5) is 0 Å². The molecule has 0 heterocycles. The molecule has 0 spiro atoms. The van der Waals surface area contributed by atoms with Gasteiger partial charge in [0.25, 0.3) is 0 Å². The zero-order valence-corrected chi connectivity index (χ0v) is 15.4. The normalized spacial score (nSPS) is 20.9. The van der Waals surface area contributed by atoms with Gasteiger partial charge in [0.05, 0.1) is 0 Å². The van der Waals surface area contributed by atoms with Crippen molar-refractivity contribution in [1.82, 2.24) is 0 Å². The van der Waals surface area contributed by atoms with Crippen LogP contribution in [0.25, 0.3) is 0 Å². The second kappa shape index (κ2) is 8.51. The van der Waals surface area contributed by atoms with Crippen LogP contribution < -0.4 is 0 Å². The van der Waals surface area contributed by atoms with Gasteiger partial charge in [0.2, 0.25) is 0 Å². The average molecular weight is 321 g/mol. The Balaban J connectivity index is 1.35. The molecule has 128 valence electrons. The number of unbranched alkanes of at least 4 members (excludes halogenated alkanes) is 1. The Bertz CT molecular complexity index is 597. The van der Waals surface area contributed by atoms with Crippen molar-refractivity contribution < 1.29 is 0 Å². The van der Waals surface area contributed by atoms with Crippen molar-refractivity contribution in [3.05, 3.63) is 70.8 Å². The fourth-order valence-electron chi connectivity index (χ4n) is 4.14. The first-order valence-corrected chi connectivity index (χ1v) is 9.83. The molecule has 0 bridgehead atoms. The zero-order chi connectivity index (χ0) is 16.8. The lowest BCUT2D eigenvalue weighted by atomic mass is 9.77. The number of aryl methyl sites for hydroxylation is 3. The molecule has 1 aliphatic rings. The summed E-state index contributed by atoms with van der Waals surface area (Å²) >= 11 is 0. The minimum Gasteiger partial charge on any atom is -0.0591 e. The maximum absolute atomic E-state index is 2.35. The molecule has 24 heavy (non-hydrogen) atoms. The van der Waals surface area contributed by atoms with Gasteiger partial charge in [-0.3, -0.25) is 0 Å². The third-order valence-electron chi connectivity index (χ3n) is 5.84. The summed E-state index contributed by atoms with van der Waals surface area (Å²) in [5, 5.41) is 0. The highest BCUT2D eigenvalue weighted by molar-refractivity contribution is 5.25. The van der Waals surface area contributed by atoms with Crippen LogP contribution in [0.5, 0.6) is 0 Å². The summed E-state index contributed by atoms with van der Waals surface area (Å²) in [7, 11) is 0. The van der Waals surface area contributed by atoms with Crippen LogP contribution in [-0.4, -0.2) is 0 Å². The topological polar surface area (TPSA) is 0 Å². The third-order valence-corrected chi connectivity index (χ3v) is 5.84. The van der Waals surface area contributed by atoms with Crippen LogP contribution in [0.2, 0.25) is 0 Å². The van der Waals surface area contributed by atoms with Crippen LogP contribution >= 0.6 is 0 Å². The van der Waals surface area contributed by atoms with Crippen LogP contribution in [0.3, 0.4) is 0 Å². The second-order valence-corrected chi connectivity index (χ2v) is 7.86. The van der Waals surface area contributed by atoms with E-state index in [-0.39, 0.29) is 0 Å². The molecule has 0 N–H and O–H groups in total. The lowest BCUT2D eigenvalue weighted by Crippen LogP contribution is -2.13. The maximum atomic E-state index is 2.35. The van der Waals surface area contributed by atoms with Gasteiger partial charge in [-0.25, -0.2) is 0 Å². The van der Waals surface area contributed by atoms with Gasteiger partial charge in [-0.15, -0.1) is 0 Å². The highest BCUT2D eigenvalue weighted by Gasteiger charge is 2.21. The van der Waals surface area contributed by atoms with E-state index >= 15 is 0 Å². The van der Waals surface area contributed by atoms with E-state index in [2.05, 4.69) is 62.4 Å². The first-order valence-electron chi connectivity index (χ1n) is 9.83. The molecule has 1 fully saturated rings. The first kappa shape index (κ1) is 17.3. The Morgan fingerprint density at radius 2 is 1.29 bits per heavy atom. The molecular formula is C24H32. The van der Waals surface area contributed by atoms with Gasteiger partial charge in [0.15, 0.2) is 0 Å². The smallest absolute Gasteiger partial charge is 0.0162 e. The van der Waals surface area contributed by atoms with Crippen molar-refractivity contribution in [3.63, 3.8) is 0 Å². The molecule has 0 amide bonds. The Labute approximate surface area is 148 Å². The SMILES string of the molecule is Cc1ccc(CCCCC2CCC(c3ccc(C)cc3)CC2)cc1. The van der Waals surface area contributed by atoms with E-state index in [1.807, 2.05) is 0 Å². The van der Waals surface area contributed by atoms with Crippen molar-refractivity contribution in [1.29, 1.82) is 0 Å². The molecular weight excluding hydrogens is 288 g/mol. The van der Waals surface area contributed by atoms with Gasteiger partial charge in [-0.1, -0.05) is 72.5 Å². The van der Waals surface area contributed by atoms with Crippen LogP contribution in [0.1, 0.15) is 73.1 Å². The van der Waals surface area contributed by atoms with E-state index in [1.54, 1.807) is 5.56 Å². The number of hydrogen-bond acceptors (Lipinski definition) is 0. The van der Waals surface area contributed by atoms with Crippen molar-refractivity contribution >= 4 is 0 Å². The lowest BCUT2D eigenvalue weighted by molar-refractivity contribution is 0.303. The molecule has 0 nitrogen and oxygen atoms in total. The summed E-state index contributed by atoms with van der Waals surface area (Å²) in [5.74, 6) is 1.79. The van der Waals surface area contributed by atoms with Gasteiger partial charge < -0.3 is 0 Å². The largest absolute Gasteiger partial charge is 0.0591 e. The van der Waals surface area contributed by atoms with Crippen LogP contribution in [0.15, 0.2) is 48.5 Å².